The Kier molecular flexibility index (Phi) is 4.91. The molecule has 0 spiro atoms. The molecule has 5 nitrogen and oxygen atoms in total. The minimum Gasteiger partial charge on any atom is -0.477 e. The summed E-state index contributed by atoms with van der Waals surface area (Å²) in [6.45, 7) is 5.03. The second-order valence-electron chi connectivity index (χ2n) is 6.03. The smallest absolute Gasteiger partial charge is 0.229 e. The second kappa shape index (κ2) is 7.08. The summed E-state index contributed by atoms with van der Waals surface area (Å²) in [6.07, 6.45) is 4.28. The molecular weight excluding hydrogens is 310 g/mol. The molecule has 0 radical (unpaired) electrons. The number of aryl methyl sites for hydroxylation is 1. The fourth-order valence-electron chi connectivity index (χ4n) is 2.11. The number of carbonyl (C=O) groups is 1. The summed E-state index contributed by atoms with van der Waals surface area (Å²) >= 11 is 1.52. The highest BCUT2D eigenvalue weighted by molar-refractivity contribution is 7.09. The Balaban J connectivity index is 1.47. The van der Waals surface area contributed by atoms with Crippen LogP contribution in [0.4, 0.5) is 0 Å². The minimum absolute atomic E-state index is 0.0200. The summed E-state index contributed by atoms with van der Waals surface area (Å²) in [7, 11) is 0. The molecule has 1 saturated carbocycles. The lowest BCUT2D eigenvalue weighted by atomic mass is 10.1. The van der Waals surface area contributed by atoms with Gasteiger partial charge in [-0.1, -0.05) is 6.07 Å². The van der Waals surface area contributed by atoms with Gasteiger partial charge in [0.25, 0.3) is 0 Å². The molecule has 3 rings (SSSR count). The van der Waals surface area contributed by atoms with Crippen molar-refractivity contribution >= 4 is 17.2 Å². The van der Waals surface area contributed by atoms with Gasteiger partial charge in [-0.05, 0) is 38.2 Å². The third kappa shape index (κ3) is 4.51. The number of aromatic nitrogens is 2. The van der Waals surface area contributed by atoms with Crippen LogP contribution in [0.5, 0.6) is 5.88 Å². The van der Waals surface area contributed by atoms with E-state index in [0.717, 1.165) is 22.9 Å². The van der Waals surface area contributed by atoms with E-state index in [1.165, 1.54) is 24.2 Å². The molecule has 1 atom stereocenters. The number of rotatable bonds is 7. The number of nitrogens with one attached hydrogen (secondary N) is 1. The zero-order chi connectivity index (χ0) is 16.2. The fraction of sp³-hybridized carbons (Fsp3) is 0.471. The molecule has 0 bridgehead atoms. The van der Waals surface area contributed by atoms with E-state index in [9.17, 15) is 4.79 Å². The van der Waals surface area contributed by atoms with Crippen LogP contribution in [0.3, 0.4) is 0 Å². The van der Waals surface area contributed by atoms with Gasteiger partial charge in [0, 0.05) is 29.9 Å². The lowest BCUT2D eigenvalue weighted by Gasteiger charge is -2.10. The number of carbonyl (C=O) groups excluding carboxylic acids is 1. The van der Waals surface area contributed by atoms with E-state index < -0.39 is 0 Å². The van der Waals surface area contributed by atoms with Crippen LogP contribution in [-0.4, -0.2) is 22.5 Å². The molecule has 2 heterocycles. The summed E-state index contributed by atoms with van der Waals surface area (Å²) in [5.74, 6) is 1.11. The predicted octanol–water partition coefficient (Wildman–Crippen LogP) is 3.06. The van der Waals surface area contributed by atoms with Crippen molar-refractivity contribution in [2.24, 2.45) is 5.92 Å². The monoisotopic (exact) mass is 331 g/mol. The van der Waals surface area contributed by atoms with Crippen LogP contribution in [-0.2, 0) is 11.3 Å². The Morgan fingerprint density at radius 3 is 2.91 bits per heavy atom. The Bertz CT molecular complexity index is 665. The van der Waals surface area contributed by atoms with Crippen LogP contribution in [0.25, 0.3) is 0 Å². The zero-order valence-corrected chi connectivity index (χ0v) is 14.2. The molecule has 1 aliphatic rings. The number of thiazole rings is 1. The molecule has 1 amide bonds. The molecule has 2 aromatic heterocycles. The summed E-state index contributed by atoms with van der Waals surface area (Å²) in [6, 6.07) is 3.80. The molecule has 122 valence electrons. The van der Waals surface area contributed by atoms with Crippen molar-refractivity contribution in [3.63, 3.8) is 0 Å². The van der Waals surface area contributed by atoms with Gasteiger partial charge in [0.2, 0.25) is 11.8 Å². The Hall–Kier alpha value is -1.95. The first-order valence-electron chi connectivity index (χ1n) is 7.89. The van der Waals surface area contributed by atoms with Gasteiger partial charge in [0.05, 0.1) is 12.5 Å². The van der Waals surface area contributed by atoms with Gasteiger partial charge in [-0.25, -0.2) is 9.97 Å². The van der Waals surface area contributed by atoms with Crippen molar-refractivity contribution < 1.29 is 9.53 Å². The molecule has 1 unspecified atom stereocenters. The standard InChI is InChI=1S/C17H21N3O2S/c1-11-10-23-17(20-11)12(2)16(21)19-8-14-5-6-15(18-7-14)22-9-13-3-4-13/h5-7,10,12-13H,3-4,8-9H2,1-2H3,(H,19,21). The number of nitrogens with zero attached hydrogens (tertiary/aromatic N) is 2. The van der Waals surface area contributed by atoms with Gasteiger partial charge in [0.1, 0.15) is 5.01 Å². The molecule has 0 aromatic carbocycles. The van der Waals surface area contributed by atoms with Gasteiger partial charge < -0.3 is 10.1 Å². The van der Waals surface area contributed by atoms with Crippen molar-refractivity contribution in [2.45, 2.75) is 39.2 Å². The van der Waals surface area contributed by atoms with Crippen molar-refractivity contribution in [1.29, 1.82) is 0 Å². The van der Waals surface area contributed by atoms with E-state index in [2.05, 4.69) is 15.3 Å². The lowest BCUT2D eigenvalue weighted by molar-refractivity contribution is -0.122. The quantitative estimate of drug-likeness (QED) is 0.847. The average molecular weight is 331 g/mol. The van der Waals surface area contributed by atoms with E-state index >= 15 is 0 Å². The summed E-state index contributed by atoms with van der Waals surface area (Å²) in [5, 5.41) is 5.74. The highest BCUT2D eigenvalue weighted by Crippen LogP contribution is 2.29. The van der Waals surface area contributed by atoms with Crippen LogP contribution in [0, 0.1) is 12.8 Å². The highest BCUT2D eigenvalue weighted by atomic mass is 32.1. The first-order valence-corrected chi connectivity index (χ1v) is 8.77. The number of hydrogen-bond acceptors (Lipinski definition) is 5. The molecule has 1 fully saturated rings. The maximum Gasteiger partial charge on any atom is 0.229 e. The van der Waals surface area contributed by atoms with E-state index in [1.54, 1.807) is 6.20 Å². The normalized spacial score (nSPS) is 15.2. The molecule has 6 heteroatoms. The third-order valence-electron chi connectivity index (χ3n) is 3.83. The van der Waals surface area contributed by atoms with Crippen molar-refractivity contribution in [2.75, 3.05) is 6.61 Å². The van der Waals surface area contributed by atoms with Crippen LogP contribution < -0.4 is 10.1 Å². The number of amides is 1. The van der Waals surface area contributed by atoms with Crippen molar-refractivity contribution in [1.82, 2.24) is 15.3 Å². The third-order valence-corrected chi connectivity index (χ3v) is 4.97. The van der Waals surface area contributed by atoms with Crippen LogP contribution in [0.2, 0.25) is 0 Å². The molecule has 1 N–H and O–H groups in total. The van der Waals surface area contributed by atoms with Crippen molar-refractivity contribution in [3.8, 4) is 5.88 Å². The largest absolute Gasteiger partial charge is 0.477 e. The average Bonchev–Trinajstić information content (AvgIpc) is 3.30. The molecule has 0 aliphatic heterocycles. The number of hydrogen-bond donors (Lipinski definition) is 1. The highest BCUT2D eigenvalue weighted by Gasteiger charge is 2.22. The number of ether oxygens (including phenoxy) is 1. The summed E-state index contributed by atoms with van der Waals surface area (Å²) in [5.41, 5.74) is 1.91. The molecule has 2 aromatic rings. The van der Waals surface area contributed by atoms with E-state index in [1.807, 2.05) is 31.4 Å². The maximum atomic E-state index is 12.2. The Morgan fingerprint density at radius 2 is 2.30 bits per heavy atom. The van der Waals surface area contributed by atoms with Gasteiger partial charge >= 0.3 is 0 Å². The molecule has 1 aliphatic carbocycles. The number of pyridine rings is 1. The van der Waals surface area contributed by atoms with Crippen LogP contribution >= 0.6 is 11.3 Å². The van der Waals surface area contributed by atoms with E-state index in [-0.39, 0.29) is 11.8 Å². The SMILES string of the molecule is Cc1csc(C(C)C(=O)NCc2ccc(OCC3CC3)nc2)n1. The van der Waals surface area contributed by atoms with Crippen LogP contribution in [0.1, 0.15) is 41.9 Å². The van der Waals surface area contributed by atoms with E-state index in [4.69, 9.17) is 4.74 Å². The Morgan fingerprint density at radius 1 is 1.48 bits per heavy atom. The molecule has 23 heavy (non-hydrogen) atoms. The van der Waals surface area contributed by atoms with Gasteiger partial charge in [-0.3, -0.25) is 4.79 Å². The minimum atomic E-state index is -0.234. The first kappa shape index (κ1) is 15.9. The van der Waals surface area contributed by atoms with E-state index in [0.29, 0.717) is 18.3 Å². The first-order chi connectivity index (χ1) is 11.1. The fourth-order valence-corrected chi connectivity index (χ4v) is 2.97. The molecular formula is C17H21N3O2S. The zero-order valence-electron chi connectivity index (χ0n) is 13.4. The summed E-state index contributed by atoms with van der Waals surface area (Å²) in [4.78, 5) is 20.8. The van der Waals surface area contributed by atoms with Gasteiger partial charge in [-0.15, -0.1) is 11.3 Å². The lowest BCUT2D eigenvalue weighted by Crippen LogP contribution is -2.27. The van der Waals surface area contributed by atoms with Crippen molar-refractivity contribution in [3.05, 3.63) is 40.0 Å². The topological polar surface area (TPSA) is 64.1 Å². The van der Waals surface area contributed by atoms with Gasteiger partial charge in [-0.2, -0.15) is 0 Å². The van der Waals surface area contributed by atoms with Crippen LogP contribution in [0.15, 0.2) is 23.7 Å². The van der Waals surface area contributed by atoms with Gasteiger partial charge in [0.15, 0.2) is 0 Å². The summed E-state index contributed by atoms with van der Waals surface area (Å²) < 4.78 is 5.60. The maximum absolute atomic E-state index is 12.2. The second-order valence-corrected chi connectivity index (χ2v) is 6.92. The molecule has 0 saturated heterocycles. The predicted molar refractivity (Wildman–Crippen MR) is 89.6 cm³/mol. The Labute approximate surface area is 140 Å².